The molecule has 0 amide bonds. The van der Waals surface area contributed by atoms with E-state index in [2.05, 4.69) is 22.0 Å². The molecule has 0 saturated carbocycles. The van der Waals surface area contributed by atoms with Crippen molar-refractivity contribution < 1.29 is 9.90 Å². The van der Waals surface area contributed by atoms with E-state index in [1.54, 1.807) is 18.2 Å². The predicted molar refractivity (Wildman–Crippen MR) is 84.8 cm³/mol. The van der Waals surface area contributed by atoms with Crippen molar-refractivity contribution in [1.82, 2.24) is 0 Å². The molecule has 21 heavy (non-hydrogen) atoms. The van der Waals surface area contributed by atoms with Crippen LogP contribution >= 0.6 is 15.9 Å². The molecule has 0 spiro atoms. The molecule has 0 atom stereocenters. The van der Waals surface area contributed by atoms with Crippen LogP contribution in [0, 0.1) is 11.3 Å². The quantitative estimate of drug-likeness (QED) is 0.882. The van der Waals surface area contributed by atoms with Gasteiger partial charge in [0.05, 0.1) is 23.7 Å². The molecule has 0 unspecified atom stereocenters. The van der Waals surface area contributed by atoms with E-state index in [1.807, 2.05) is 35.2 Å². The normalized spacial score (nSPS) is 9.90. The van der Waals surface area contributed by atoms with Gasteiger partial charge in [-0.15, -0.1) is 0 Å². The van der Waals surface area contributed by atoms with Gasteiger partial charge in [-0.2, -0.15) is 5.26 Å². The number of hydrogen-bond acceptors (Lipinski definition) is 3. The summed E-state index contributed by atoms with van der Waals surface area (Å²) < 4.78 is 0.684. The number of benzene rings is 2. The summed E-state index contributed by atoms with van der Waals surface area (Å²) in [5.41, 5.74) is 2.01. The minimum Gasteiger partial charge on any atom is -0.478 e. The second-order valence-electron chi connectivity index (χ2n) is 4.37. The van der Waals surface area contributed by atoms with Gasteiger partial charge in [0.1, 0.15) is 0 Å². The molecule has 0 aliphatic rings. The third-order valence-corrected chi connectivity index (χ3v) is 3.64. The van der Waals surface area contributed by atoms with E-state index in [0.29, 0.717) is 17.4 Å². The first-order valence-electron chi connectivity index (χ1n) is 6.36. The molecular formula is C16H13BrN2O2. The molecule has 0 fully saturated rings. The molecule has 0 saturated heterocycles. The first-order valence-corrected chi connectivity index (χ1v) is 7.15. The van der Waals surface area contributed by atoms with Gasteiger partial charge >= 0.3 is 5.97 Å². The fourth-order valence-electron chi connectivity index (χ4n) is 2.02. The van der Waals surface area contributed by atoms with Crippen molar-refractivity contribution in [2.24, 2.45) is 0 Å². The Balaban J connectivity index is 2.42. The van der Waals surface area contributed by atoms with Crippen molar-refractivity contribution in [3.63, 3.8) is 0 Å². The topological polar surface area (TPSA) is 64.3 Å². The van der Waals surface area contributed by atoms with Crippen LogP contribution in [0.1, 0.15) is 16.8 Å². The molecular weight excluding hydrogens is 332 g/mol. The van der Waals surface area contributed by atoms with Gasteiger partial charge in [0.25, 0.3) is 0 Å². The van der Waals surface area contributed by atoms with Crippen LogP contribution < -0.4 is 4.90 Å². The maximum atomic E-state index is 11.0. The standard InChI is InChI=1S/C16H13BrN2O2/c17-14-11-12(16(20)21)7-8-15(14)19(10-4-9-18)13-5-2-1-3-6-13/h1-3,5-8,11H,4,10H2,(H,20,21). The van der Waals surface area contributed by atoms with Crippen molar-refractivity contribution in [2.45, 2.75) is 6.42 Å². The molecule has 2 aromatic rings. The monoisotopic (exact) mass is 344 g/mol. The maximum absolute atomic E-state index is 11.0. The van der Waals surface area contributed by atoms with Gasteiger partial charge in [-0.05, 0) is 46.3 Å². The summed E-state index contributed by atoms with van der Waals surface area (Å²) >= 11 is 3.42. The number of nitriles is 1. The SMILES string of the molecule is N#CCCN(c1ccccc1)c1ccc(C(=O)O)cc1Br. The number of carboxylic acids is 1. The molecule has 0 aliphatic carbocycles. The van der Waals surface area contributed by atoms with Crippen LogP contribution in [0.25, 0.3) is 0 Å². The summed E-state index contributed by atoms with van der Waals surface area (Å²) in [5, 5.41) is 17.8. The van der Waals surface area contributed by atoms with Gasteiger partial charge in [0.15, 0.2) is 0 Å². The third kappa shape index (κ3) is 3.61. The number of para-hydroxylation sites is 1. The first-order chi connectivity index (χ1) is 10.1. The van der Waals surface area contributed by atoms with Gasteiger partial charge in [0.2, 0.25) is 0 Å². The highest BCUT2D eigenvalue weighted by Gasteiger charge is 2.14. The van der Waals surface area contributed by atoms with Gasteiger partial charge in [-0.1, -0.05) is 18.2 Å². The lowest BCUT2D eigenvalue weighted by atomic mass is 10.1. The molecule has 2 aromatic carbocycles. The maximum Gasteiger partial charge on any atom is 0.335 e. The van der Waals surface area contributed by atoms with Crippen LogP contribution in [-0.2, 0) is 0 Å². The van der Waals surface area contributed by atoms with Crippen molar-refractivity contribution in [3.8, 4) is 6.07 Å². The number of rotatable bonds is 5. The van der Waals surface area contributed by atoms with E-state index in [0.717, 1.165) is 11.4 Å². The van der Waals surface area contributed by atoms with Gasteiger partial charge in [-0.3, -0.25) is 0 Å². The number of hydrogen-bond donors (Lipinski definition) is 1. The second kappa shape index (κ2) is 6.91. The highest BCUT2D eigenvalue weighted by atomic mass is 79.9. The van der Waals surface area contributed by atoms with Crippen molar-refractivity contribution >= 4 is 33.3 Å². The van der Waals surface area contributed by atoms with Crippen LogP contribution in [0.2, 0.25) is 0 Å². The number of anilines is 2. The summed E-state index contributed by atoms with van der Waals surface area (Å²) in [4.78, 5) is 13.0. The first kappa shape index (κ1) is 15.1. The molecule has 5 heteroatoms. The Labute approximate surface area is 131 Å². The lowest BCUT2D eigenvalue weighted by Gasteiger charge is -2.25. The molecule has 0 bridgehead atoms. The number of carbonyl (C=O) groups is 1. The summed E-state index contributed by atoms with van der Waals surface area (Å²) in [7, 11) is 0. The number of nitrogens with zero attached hydrogens (tertiary/aromatic N) is 2. The predicted octanol–water partition coefficient (Wildman–Crippen LogP) is 4.20. The Morgan fingerprint density at radius 3 is 2.52 bits per heavy atom. The number of carboxylic acid groups (broad SMARTS) is 1. The lowest BCUT2D eigenvalue weighted by molar-refractivity contribution is 0.0697. The average molecular weight is 345 g/mol. The Morgan fingerprint density at radius 2 is 1.95 bits per heavy atom. The molecule has 1 N–H and O–H groups in total. The van der Waals surface area contributed by atoms with Gasteiger partial charge in [0, 0.05) is 16.7 Å². The largest absolute Gasteiger partial charge is 0.478 e. The van der Waals surface area contributed by atoms with Crippen molar-refractivity contribution in [3.05, 3.63) is 58.6 Å². The fraction of sp³-hybridized carbons (Fsp3) is 0.125. The summed E-state index contributed by atoms with van der Waals surface area (Å²) in [6.45, 7) is 0.533. The minimum atomic E-state index is -0.967. The van der Waals surface area contributed by atoms with E-state index in [9.17, 15) is 4.79 Å². The number of halogens is 1. The molecule has 2 rings (SSSR count). The van der Waals surface area contributed by atoms with Crippen LogP contribution in [0.5, 0.6) is 0 Å². The van der Waals surface area contributed by atoms with Gasteiger partial charge in [-0.25, -0.2) is 4.79 Å². The van der Waals surface area contributed by atoms with Crippen molar-refractivity contribution in [1.29, 1.82) is 5.26 Å². The Hall–Kier alpha value is -2.32. The summed E-state index contributed by atoms with van der Waals surface area (Å²) in [6, 6.07) is 16.7. The van der Waals surface area contributed by atoms with E-state index >= 15 is 0 Å². The second-order valence-corrected chi connectivity index (χ2v) is 5.22. The van der Waals surface area contributed by atoms with Crippen LogP contribution in [0.4, 0.5) is 11.4 Å². The molecule has 106 valence electrons. The molecule has 0 heterocycles. The zero-order chi connectivity index (χ0) is 15.2. The molecule has 0 aromatic heterocycles. The molecule has 0 aliphatic heterocycles. The zero-order valence-electron chi connectivity index (χ0n) is 11.2. The smallest absolute Gasteiger partial charge is 0.335 e. The van der Waals surface area contributed by atoms with Crippen LogP contribution in [-0.4, -0.2) is 17.6 Å². The Morgan fingerprint density at radius 1 is 1.24 bits per heavy atom. The highest BCUT2D eigenvalue weighted by molar-refractivity contribution is 9.10. The van der Waals surface area contributed by atoms with Gasteiger partial charge < -0.3 is 10.0 Å². The van der Waals surface area contributed by atoms with E-state index < -0.39 is 5.97 Å². The minimum absolute atomic E-state index is 0.221. The van der Waals surface area contributed by atoms with E-state index in [-0.39, 0.29) is 5.56 Å². The van der Waals surface area contributed by atoms with Crippen LogP contribution in [0.3, 0.4) is 0 Å². The zero-order valence-corrected chi connectivity index (χ0v) is 12.7. The summed E-state index contributed by atoms with van der Waals surface area (Å²) in [6.07, 6.45) is 0.377. The highest BCUT2D eigenvalue weighted by Crippen LogP contribution is 2.33. The number of aromatic carboxylic acids is 1. The molecule has 4 nitrogen and oxygen atoms in total. The molecule has 0 radical (unpaired) electrons. The fourth-order valence-corrected chi connectivity index (χ4v) is 2.61. The Bertz CT molecular complexity index is 680. The van der Waals surface area contributed by atoms with E-state index in [4.69, 9.17) is 10.4 Å². The third-order valence-electron chi connectivity index (χ3n) is 3.00. The van der Waals surface area contributed by atoms with Crippen molar-refractivity contribution in [2.75, 3.05) is 11.4 Å². The van der Waals surface area contributed by atoms with Crippen LogP contribution in [0.15, 0.2) is 53.0 Å². The summed E-state index contributed by atoms with van der Waals surface area (Å²) in [5.74, 6) is -0.967. The lowest BCUT2D eigenvalue weighted by Crippen LogP contribution is -2.18. The average Bonchev–Trinajstić information content (AvgIpc) is 2.50. The van der Waals surface area contributed by atoms with E-state index in [1.165, 1.54) is 0 Å². The Kier molecular flexibility index (Phi) is 4.96.